The van der Waals surface area contributed by atoms with E-state index in [1.54, 1.807) is 6.20 Å². The van der Waals surface area contributed by atoms with Gasteiger partial charge in [0.05, 0.1) is 12.2 Å². The third kappa shape index (κ3) is 4.30. The summed E-state index contributed by atoms with van der Waals surface area (Å²) in [4.78, 5) is 14.5. The van der Waals surface area contributed by atoms with Crippen molar-refractivity contribution in [1.82, 2.24) is 14.7 Å². The Kier molecular flexibility index (Phi) is 5.58. The van der Waals surface area contributed by atoms with Crippen molar-refractivity contribution in [3.63, 3.8) is 0 Å². The molecule has 2 N–H and O–H groups in total. The summed E-state index contributed by atoms with van der Waals surface area (Å²) >= 11 is 0. The van der Waals surface area contributed by atoms with Gasteiger partial charge in [0, 0.05) is 37.7 Å². The van der Waals surface area contributed by atoms with Crippen molar-refractivity contribution in [3.8, 4) is 0 Å². The molecule has 2 rings (SSSR count). The van der Waals surface area contributed by atoms with Crippen molar-refractivity contribution >= 4 is 11.7 Å². The first-order valence-electron chi connectivity index (χ1n) is 8.10. The highest BCUT2D eigenvalue weighted by Gasteiger charge is 2.25. The first-order chi connectivity index (χ1) is 10.4. The molecule has 6 nitrogen and oxygen atoms in total. The molecule has 1 aliphatic heterocycles. The Morgan fingerprint density at radius 3 is 2.68 bits per heavy atom. The zero-order valence-corrected chi connectivity index (χ0v) is 13.9. The van der Waals surface area contributed by atoms with Crippen LogP contribution in [0.3, 0.4) is 0 Å². The number of hydrogen-bond acceptors (Lipinski definition) is 4. The number of piperidine rings is 1. The number of carbonyl (C=O) groups excluding carboxylic acids is 1. The maximum absolute atomic E-state index is 12.2. The van der Waals surface area contributed by atoms with E-state index in [-0.39, 0.29) is 12.5 Å². The molecule has 0 atom stereocenters. The predicted octanol–water partition coefficient (Wildman–Crippen LogP) is 1.89. The Labute approximate surface area is 132 Å². The van der Waals surface area contributed by atoms with Crippen LogP contribution < -0.4 is 5.32 Å². The van der Waals surface area contributed by atoms with Crippen molar-refractivity contribution in [1.29, 1.82) is 0 Å². The fraction of sp³-hybridized carbons (Fsp3) is 0.750. The minimum absolute atomic E-state index is 0.00892. The molecule has 1 fully saturated rings. The summed E-state index contributed by atoms with van der Waals surface area (Å²) in [5, 5.41) is 16.3. The van der Waals surface area contributed by atoms with Crippen molar-refractivity contribution < 1.29 is 9.90 Å². The summed E-state index contributed by atoms with van der Waals surface area (Å²) in [6.45, 7) is 8.94. The number of carbonyl (C=O) groups is 1. The molecule has 124 valence electrons. The summed E-state index contributed by atoms with van der Waals surface area (Å²) in [5.41, 5.74) is -0.414. The molecular weight excluding hydrogens is 280 g/mol. The molecule has 0 unspecified atom stereocenters. The third-order valence-electron chi connectivity index (χ3n) is 4.13. The third-order valence-corrected chi connectivity index (χ3v) is 4.13. The Hall–Kier alpha value is -1.40. The molecule has 1 saturated heterocycles. The van der Waals surface area contributed by atoms with Crippen molar-refractivity contribution in [2.24, 2.45) is 5.41 Å². The van der Waals surface area contributed by atoms with Gasteiger partial charge in [0.15, 0.2) is 0 Å². The second-order valence-corrected chi connectivity index (χ2v) is 7.02. The molecule has 0 radical (unpaired) electrons. The van der Waals surface area contributed by atoms with E-state index in [0.717, 1.165) is 44.7 Å². The van der Waals surface area contributed by atoms with E-state index in [4.69, 9.17) is 5.11 Å². The van der Waals surface area contributed by atoms with E-state index < -0.39 is 5.41 Å². The van der Waals surface area contributed by atoms with Crippen LogP contribution in [0.1, 0.15) is 46.1 Å². The summed E-state index contributed by atoms with van der Waals surface area (Å²) in [7, 11) is 0. The molecule has 1 aromatic heterocycles. The number of nitrogens with zero attached hydrogens (tertiary/aromatic N) is 3. The monoisotopic (exact) mass is 308 g/mol. The number of nitrogens with one attached hydrogen (secondary N) is 1. The summed E-state index contributed by atoms with van der Waals surface area (Å²) < 4.78 is 1.95. The lowest BCUT2D eigenvalue weighted by Crippen LogP contribution is -2.36. The van der Waals surface area contributed by atoms with Crippen molar-refractivity contribution in [2.45, 2.75) is 46.1 Å². The van der Waals surface area contributed by atoms with Crippen LogP contribution in [0.15, 0.2) is 12.3 Å². The lowest BCUT2D eigenvalue weighted by Gasteiger charge is -2.32. The average Bonchev–Trinajstić information content (AvgIpc) is 2.93. The first kappa shape index (κ1) is 17.0. The zero-order valence-electron chi connectivity index (χ0n) is 13.9. The van der Waals surface area contributed by atoms with E-state index in [1.165, 1.54) is 0 Å². The fourth-order valence-electron chi connectivity index (χ4n) is 2.69. The number of aliphatic hydroxyl groups is 1. The van der Waals surface area contributed by atoms with Gasteiger partial charge in [-0.1, -0.05) is 20.8 Å². The van der Waals surface area contributed by atoms with Crippen LogP contribution in [-0.4, -0.2) is 51.9 Å². The van der Waals surface area contributed by atoms with Crippen LogP contribution in [0.4, 0.5) is 5.82 Å². The van der Waals surface area contributed by atoms with Gasteiger partial charge in [-0.3, -0.25) is 4.79 Å². The molecule has 22 heavy (non-hydrogen) atoms. The predicted molar refractivity (Wildman–Crippen MR) is 86.7 cm³/mol. The smallest absolute Gasteiger partial charge is 0.230 e. The number of rotatable bonds is 5. The molecule has 0 spiro atoms. The Morgan fingerprint density at radius 1 is 1.41 bits per heavy atom. The number of likely N-dealkylation sites (tertiary alicyclic amines) is 1. The van der Waals surface area contributed by atoms with E-state index in [1.807, 2.05) is 31.5 Å². The van der Waals surface area contributed by atoms with Gasteiger partial charge in [0.1, 0.15) is 5.82 Å². The van der Waals surface area contributed by atoms with Crippen LogP contribution in [-0.2, 0) is 4.79 Å². The standard InChI is InChI=1S/C16H28N4O2/c1-16(2,3)15(22)18-14-5-8-17-20(14)13-6-10-19(11-7-13)9-4-12-21/h5,8,13,21H,4,6-7,9-12H2,1-3H3,(H,18,22). The highest BCUT2D eigenvalue weighted by Crippen LogP contribution is 2.26. The van der Waals surface area contributed by atoms with Crippen LogP contribution in [0.25, 0.3) is 0 Å². The van der Waals surface area contributed by atoms with E-state index in [2.05, 4.69) is 15.3 Å². The van der Waals surface area contributed by atoms with Crippen LogP contribution in [0.2, 0.25) is 0 Å². The van der Waals surface area contributed by atoms with Crippen LogP contribution >= 0.6 is 0 Å². The Morgan fingerprint density at radius 2 is 2.09 bits per heavy atom. The quantitative estimate of drug-likeness (QED) is 0.871. The maximum atomic E-state index is 12.2. The lowest BCUT2D eigenvalue weighted by molar-refractivity contribution is -0.123. The van der Waals surface area contributed by atoms with Gasteiger partial charge in [-0.2, -0.15) is 5.10 Å². The second-order valence-electron chi connectivity index (χ2n) is 7.02. The Balaban J connectivity index is 1.95. The fourth-order valence-corrected chi connectivity index (χ4v) is 2.69. The molecule has 0 aromatic carbocycles. The first-order valence-corrected chi connectivity index (χ1v) is 8.10. The molecule has 1 amide bonds. The van der Waals surface area contributed by atoms with Gasteiger partial charge in [-0.15, -0.1) is 0 Å². The van der Waals surface area contributed by atoms with Crippen molar-refractivity contribution in [2.75, 3.05) is 31.6 Å². The zero-order chi connectivity index (χ0) is 16.2. The molecule has 1 aliphatic rings. The minimum Gasteiger partial charge on any atom is -0.396 e. The van der Waals surface area contributed by atoms with Gasteiger partial charge in [0.2, 0.25) is 5.91 Å². The van der Waals surface area contributed by atoms with Crippen LogP contribution in [0, 0.1) is 5.41 Å². The molecule has 0 aliphatic carbocycles. The summed E-state index contributed by atoms with van der Waals surface area (Å²) in [5.74, 6) is 0.795. The van der Waals surface area contributed by atoms with Gasteiger partial charge in [0.25, 0.3) is 0 Å². The molecule has 0 bridgehead atoms. The minimum atomic E-state index is -0.414. The highest BCUT2D eigenvalue weighted by molar-refractivity contribution is 5.93. The molecule has 1 aromatic rings. The molecule has 6 heteroatoms. The highest BCUT2D eigenvalue weighted by atomic mass is 16.3. The summed E-state index contributed by atoms with van der Waals surface area (Å²) in [6.07, 6.45) is 4.62. The second kappa shape index (κ2) is 7.24. The topological polar surface area (TPSA) is 70.4 Å². The van der Waals surface area contributed by atoms with Gasteiger partial charge >= 0.3 is 0 Å². The van der Waals surface area contributed by atoms with E-state index in [9.17, 15) is 4.79 Å². The number of hydrogen-bond donors (Lipinski definition) is 2. The van der Waals surface area contributed by atoms with E-state index >= 15 is 0 Å². The number of anilines is 1. The SMILES string of the molecule is CC(C)(C)C(=O)Nc1ccnn1C1CCN(CCCO)CC1. The number of amides is 1. The van der Waals surface area contributed by atoms with E-state index in [0.29, 0.717) is 6.04 Å². The summed E-state index contributed by atoms with van der Waals surface area (Å²) in [6, 6.07) is 2.19. The lowest BCUT2D eigenvalue weighted by atomic mass is 9.96. The number of aromatic nitrogens is 2. The Bertz CT molecular complexity index is 485. The average molecular weight is 308 g/mol. The molecule has 0 saturated carbocycles. The van der Waals surface area contributed by atoms with Gasteiger partial charge < -0.3 is 15.3 Å². The maximum Gasteiger partial charge on any atom is 0.230 e. The molecular formula is C16H28N4O2. The molecule has 2 heterocycles. The largest absolute Gasteiger partial charge is 0.396 e. The van der Waals surface area contributed by atoms with Gasteiger partial charge in [-0.25, -0.2) is 4.68 Å². The number of aliphatic hydroxyl groups excluding tert-OH is 1. The normalized spacial score (nSPS) is 17.6. The van der Waals surface area contributed by atoms with Crippen molar-refractivity contribution in [3.05, 3.63) is 12.3 Å². The van der Waals surface area contributed by atoms with Crippen LogP contribution in [0.5, 0.6) is 0 Å². The van der Waals surface area contributed by atoms with Gasteiger partial charge in [-0.05, 0) is 19.3 Å².